The monoisotopic (exact) mass is 395 g/mol. The third-order valence-corrected chi connectivity index (χ3v) is 5.68. The van der Waals surface area contributed by atoms with Crippen LogP contribution in [0.1, 0.15) is 23.8 Å². The predicted octanol–water partition coefficient (Wildman–Crippen LogP) is 5.52. The Bertz CT molecular complexity index is 659. The van der Waals surface area contributed by atoms with Gasteiger partial charge in [-0.1, -0.05) is 51.4 Å². The second kappa shape index (κ2) is 7.07. The lowest BCUT2D eigenvalue weighted by Gasteiger charge is -2.28. The van der Waals surface area contributed by atoms with Gasteiger partial charge in [0, 0.05) is 27.4 Å². The van der Waals surface area contributed by atoms with Crippen LogP contribution < -0.4 is 0 Å². The maximum atomic E-state index is 12.2. The van der Waals surface area contributed by atoms with Crippen molar-refractivity contribution in [1.82, 2.24) is 4.90 Å². The van der Waals surface area contributed by atoms with Crippen molar-refractivity contribution in [3.8, 4) is 0 Å². The van der Waals surface area contributed by atoms with Crippen molar-refractivity contribution >= 4 is 45.2 Å². The van der Waals surface area contributed by atoms with E-state index in [1.54, 1.807) is 11.8 Å². The number of benzene rings is 2. The van der Waals surface area contributed by atoms with E-state index < -0.39 is 0 Å². The van der Waals surface area contributed by atoms with Gasteiger partial charge in [0.25, 0.3) is 0 Å². The van der Waals surface area contributed by atoms with Crippen molar-refractivity contribution in [2.24, 2.45) is 0 Å². The number of carbonyl (C=O) groups is 1. The lowest BCUT2D eigenvalue weighted by molar-refractivity contribution is -0.128. The van der Waals surface area contributed by atoms with E-state index in [9.17, 15) is 4.79 Å². The molecular formula is C17H15BrClNOS. The molecule has 2 nitrogen and oxygen atoms in total. The van der Waals surface area contributed by atoms with Crippen molar-refractivity contribution < 1.29 is 4.79 Å². The van der Waals surface area contributed by atoms with E-state index in [0.717, 1.165) is 27.9 Å². The molecule has 3 rings (SSSR count). The van der Waals surface area contributed by atoms with Gasteiger partial charge in [-0.15, -0.1) is 0 Å². The molecule has 2 aromatic carbocycles. The summed E-state index contributed by atoms with van der Waals surface area (Å²) in [4.78, 5) is 15.3. The van der Waals surface area contributed by atoms with E-state index >= 15 is 0 Å². The largest absolute Gasteiger partial charge is 0.326 e. The number of nitrogens with zero attached hydrogens (tertiary/aromatic N) is 1. The van der Waals surface area contributed by atoms with E-state index in [-0.39, 0.29) is 11.3 Å². The van der Waals surface area contributed by atoms with Gasteiger partial charge in [0.1, 0.15) is 5.37 Å². The molecule has 1 heterocycles. The third-order valence-electron chi connectivity index (χ3n) is 3.61. The van der Waals surface area contributed by atoms with Gasteiger partial charge < -0.3 is 4.90 Å². The fourth-order valence-electron chi connectivity index (χ4n) is 2.50. The van der Waals surface area contributed by atoms with Crippen molar-refractivity contribution in [2.75, 3.05) is 6.54 Å². The number of likely N-dealkylation sites (tertiary alicyclic amines) is 1. The molecule has 2 aromatic rings. The highest BCUT2D eigenvalue weighted by Crippen LogP contribution is 2.40. The van der Waals surface area contributed by atoms with Crippen LogP contribution in [0.15, 0.2) is 57.9 Å². The molecule has 114 valence electrons. The Hall–Kier alpha value is -0.970. The second-order valence-electron chi connectivity index (χ2n) is 5.17. The first-order valence-electron chi connectivity index (χ1n) is 7.10. The number of hydrogen-bond acceptors (Lipinski definition) is 2. The number of halogens is 2. The van der Waals surface area contributed by atoms with Crippen LogP contribution in [-0.4, -0.2) is 17.4 Å². The van der Waals surface area contributed by atoms with E-state index in [0.29, 0.717) is 11.4 Å². The number of hydrogen-bond donors (Lipinski definition) is 0. The van der Waals surface area contributed by atoms with Crippen LogP contribution in [-0.2, 0) is 4.79 Å². The third kappa shape index (κ3) is 3.67. The lowest BCUT2D eigenvalue weighted by Crippen LogP contribution is -2.27. The van der Waals surface area contributed by atoms with Gasteiger partial charge in [0.2, 0.25) is 5.91 Å². The molecule has 5 heteroatoms. The Kier molecular flexibility index (Phi) is 5.11. The summed E-state index contributed by atoms with van der Waals surface area (Å²) < 4.78 is 1.05. The van der Waals surface area contributed by atoms with E-state index in [2.05, 4.69) is 28.1 Å². The lowest BCUT2D eigenvalue weighted by atomic mass is 10.2. The van der Waals surface area contributed by atoms with Crippen LogP contribution in [0.2, 0.25) is 5.02 Å². The number of thioether (sulfide) groups is 1. The quantitative estimate of drug-likeness (QED) is 0.635. The molecular weight excluding hydrogens is 382 g/mol. The standard InChI is InChI=1S/C17H15BrClNOS/c18-13-5-9-15(10-6-13)22-17(20-11-1-2-16(20)21)12-3-7-14(19)8-4-12/h3-10,17H,1-2,11H2. The van der Waals surface area contributed by atoms with Crippen LogP contribution in [0, 0.1) is 0 Å². The number of amides is 1. The summed E-state index contributed by atoms with van der Waals surface area (Å²) in [5.41, 5.74) is 1.10. The maximum Gasteiger partial charge on any atom is 0.223 e. The SMILES string of the molecule is O=C1CCCN1C(Sc1ccc(Br)cc1)c1ccc(Cl)cc1. The molecule has 1 amide bonds. The van der Waals surface area contributed by atoms with Crippen molar-refractivity contribution in [3.63, 3.8) is 0 Å². The van der Waals surface area contributed by atoms with Crippen LogP contribution in [0.4, 0.5) is 0 Å². The highest BCUT2D eigenvalue weighted by atomic mass is 79.9. The Balaban J connectivity index is 1.90. The average Bonchev–Trinajstić information content (AvgIpc) is 2.94. The van der Waals surface area contributed by atoms with Gasteiger partial charge >= 0.3 is 0 Å². The molecule has 0 spiro atoms. The minimum Gasteiger partial charge on any atom is -0.326 e. The summed E-state index contributed by atoms with van der Waals surface area (Å²) in [5.74, 6) is 0.226. The minimum atomic E-state index is -0.00607. The molecule has 0 aromatic heterocycles. The zero-order valence-corrected chi connectivity index (χ0v) is 15.0. The van der Waals surface area contributed by atoms with Crippen LogP contribution in [0.3, 0.4) is 0 Å². The highest BCUT2D eigenvalue weighted by Gasteiger charge is 2.29. The molecule has 1 saturated heterocycles. The molecule has 1 atom stereocenters. The first kappa shape index (κ1) is 15.9. The summed E-state index contributed by atoms with van der Waals surface area (Å²) >= 11 is 11.1. The van der Waals surface area contributed by atoms with Gasteiger partial charge in [0.05, 0.1) is 0 Å². The van der Waals surface area contributed by atoms with Gasteiger partial charge in [-0.05, 0) is 48.4 Å². The number of carbonyl (C=O) groups excluding carboxylic acids is 1. The van der Waals surface area contributed by atoms with Crippen LogP contribution >= 0.6 is 39.3 Å². The maximum absolute atomic E-state index is 12.2. The van der Waals surface area contributed by atoms with Crippen LogP contribution in [0.5, 0.6) is 0 Å². The number of rotatable bonds is 4. The first-order valence-corrected chi connectivity index (χ1v) is 9.16. The van der Waals surface area contributed by atoms with Gasteiger partial charge in [-0.3, -0.25) is 4.79 Å². The van der Waals surface area contributed by atoms with Gasteiger partial charge in [-0.2, -0.15) is 0 Å². The molecule has 0 bridgehead atoms. The summed E-state index contributed by atoms with van der Waals surface area (Å²) in [6, 6.07) is 15.9. The Morgan fingerprint density at radius 2 is 1.77 bits per heavy atom. The van der Waals surface area contributed by atoms with Crippen molar-refractivity contribution in [3.05, 3.63) is 63.6 Å². The summed E-state index contributed by atoms with van der Waals surface area (Å²) in [6.45, 7) is 0.815. The molecule has 1 fully saturated rings. The average molecular weight is 397 g/mol. The molecule has 1 aliphatic rings. The van der Waals surface area contributed by atoms with E-state index in [1.807, 2.05) is 41.3 Å². The fraction of sp³-hybridized carbons (Fsp3) is 0.235. The molecule has 1 unspecified atom stereocenters. The Morgan fingerprint density at radius 3 is 2.36 bits per heavy atom. The van der Waals surface area contributed by atoms with E-state index in [4.69, 9.17) is 11.6 Å². The minimum absolute atomic E-state index is 0.00607. The summed E-state index contributed by atoms with van der Waals surface area (Å²) in [6.07, 6.45) is 1.58. The van der Waals surface area contributed by atoms with Crippen LogP contribution in [0.25, 0.3) is 0 Å². The Labute approximate surface area is 148 Å². The summed E-state index contributed by atoms with van der Waals surface area (Å²) in [5, 5.41) is 0.706. The first-order chi connectivity index (χ1) is 10.6. The molecule has 0 saturated carbocycles. The predicted molar refractivity (Wildman–Crippen MR) is 95.1 cm³/mol. The van der Waals surface area contributed by atoms with Gasteiger partial charge in [0.15, 0.2) is 0 Å². The normalized spacial score (nSPS) is 16.1. The van der Waals surface area contributed by atoms with Crippen molar-refractivity contribution in [2.45, 2.75) is 23.1 Å². The molecule has 0 N–H and O–H groups in total. The molecule has 1 aliphatic heterocycles. The molecule has 0 radical (unpaired) electrons. The smallest absolute Gasteiger partial charge is 0.223 e. The molecule has 22 heavy (non-hydrogen) atoms. The fourth-order valence-corrected chi connectivity index (χ4v) is 4.08. The van der Waals surface area contributed by atoms with Gasteiger partial charge in [-0.25, -0.2) is 0 Å². The van der Waals surface area contributed by atoms with Crippen molar-refractivity contribution in [1.29, 1.82) is 0 Å². The zero-order chi connectivity index (χ0) is 15.5. The Morgan fingerprint density at radius 1 is 1.09 bits per heavy atom. The summed E-state index contributed by atoms with van der Waals surface area (Å²) in [7, 11) is 0. The van der Waals surface area contributed by atoms with E-state index in [1.165, 1.54) is 0 Å². The zero-order valence-electron chi connectivity index (χ0n) is 11.8. The second-order valence-corrected chi connectivity index (χ2v) is 7.67. The highest BCUT2D eigenvalue weighted by molar-refractivity contribution is 9.10. The molecule has 0 aliphatic carbocycles. The topological polar surface area (TPSA) is 20.3 Å².